The van der Waals surface area contributed by atoms with Gasteiger partial charge in [0.2, 0.25) is 5.91 Å². The Morgan fingerprint density at radius 3 is 2.47 bits per heavy atom. The Hall–Kier alpha value is -1.31. The van der Waals surface area contributed by atoms with Crippen LogP contribution in [0.15, 0.2) is 30.3 Å². The second-order valence-electron chi connectivity index (χ2n) is 4.91. The first-order valence-corrected chi connectivity index (χ1v) is 6.63. The van der Waals surface area contributed by atoms with E-state index in [1.165, 1.54) is 24.8 Å². The van der Waals surface area contributed by atoms with Gasteiger partial charge in [-0.15, -0.1) is 0 Å². The highest BCUT2D eigenvalue weighted by molar-refractivity contribution is 5.76. The van der Waals surface area contributed by atoms with Crippen molar-refractivity contribution in [1.82, 2.24) is 5.32 Å². The fourth-order valence-corrected chi connectivity index (χ4v) is 2.75. The van der Waals surface area contributed by atoms with E-state index in [0.717, 1.165) is 12.8 Å². The minimum atomic E-state index is -0.105. The van der Waals surface area contributed by atoms with Gasteiger partial charge in [-0.05, 0) is 18.4 Å². The molecule has 2 nitrogen and oxygen atoms in total. The van der Waals surface area contributed by atoms with Gasteiger partial charge < -0.3 is 5.32 Å². The van der Waals surface area contributed by atoms with Gasteiger partial charge in [0.15, 0.2) is 0 Å². The van der Waals surface area contributed by atoms with Crippen LogP contribution in [0.3, 0.4) is 0 Å². The fraction of sp³-hybridized carbons (Fsp3) is 0.533. The van der Waals surface area contributed by atoms with Crippen molar-refractivity contribution in [2.24, 2.45) is 0 Å². The molecule has 1 amide bonds. The third kappa shape index (κ3) is 2.68. The Morgan fingerprint density at radius 1 is 1.24 bits per heavy atom. The molecule has 94 valence electrons. The normalized spacial score (nSPS) is 18.6. The first-order chi connectivity index (χ1) is 8.27. The first kappa shape index (κ1) is 12.2. The van der Waals surface area contributed by atoms with Crippen molar-refractivity contribution in [2.75, 3.05) is 0 Å². The Morgan fingerprint density at radius 2 is 1.88 bits per heavy atom. The van der Waals surface area contributed by atoms with E-state index in [1.807, 2.05) is 13.0 Å². The summed E-state index contributed by atoms with van der Waals surface area (Å²) >= 11 is 0. The maximum Gasteiger partial charge on any atom is 0.220 e. The van der Waals surface area contributed by atoms with Crippen LogP contribution in [-0.4, -0.2) is 5.91 Å². The van der Waals surface area contributed by atoms with Gasteiger partial charge in [0.05, 0.1) is 5.54 Å². The van der Waals surface area contributed by atoms with Crippen molar-refractivity contribution in [3.05, 3.63) is 35.9 Å². The summed E-state index contributed by atoms with van der Waals surface area (Å²) in [5, 5.41) is 3.26. The monoisotopic (exact) mass is 233 g/mol. The average Bonchev–Trinajstić information content (AvgIpc) is 2.40. The highest BCUT2D eigenvalue weighted by Crippen LogP contribution is 2.37. The molecule has 1 aliphatic carbocycles. The molecule has 0 aromatic heterocycles. The number of hydrogen-bond acceptors (Lipinski definition) is 1. The minimum absolute atomic E-state index is 0. The van der Waals surface area contributed by atoms with Crippen molar-refractivity contribution >= 4 is 5.91 Å². The number of hydrogen-bond donors (Lipinski definition) is 1. The lowest BCUT2D eigenvalue weighted by atomic mass is 9.76. The number of carbonyl (C=O) groups is 1. The molecular weight excluding hydrogens is 210 g/mol. The Bertz CT molecular complexity index is 371. The number of benzene rings is 1. The van der Waals surface area contributed by atoms with Gasteiger partial charge in [-0.2, -0.15) is 0 Å². The third-order valence-corrected chi connectivity index (χ3v) is 3.73. The van der Waals surface area contributed by atoms with Crippen LogP contribution in [0.2, 0.25) is 0 Å². The summed E-state index contributed by atoms with van der Waals surface area (Å²) in [6.45, 7) is 1.91. The number of rotatable bonds is 3. The zero-order chi connectivity index (χ0) is 12.1. The van der Waals surface area contributed by atoms with E-state index in [2.05, 4.69) is 29.6 Å². The number of amides is 1. The van der Waals surface area contributed by atoms with Gasteiger partial charge in [0.1, 0.15) is 0 Å². The average molecular weight is 233 g/mol. The number of carbonyl (C=O) groups excluding carboxylic acids is 1. The molecule has 1 aromatic carbocycles. The van der Waals surface area contributed by atoms with Crippen LogP contribution in [0, 0.1) is 0 Å². The van der Waals surface area contributed by atoms with E-state index in [9.17, 15) is 4.79 Å². The van der Waals surface area contributed by atoms with Gasteiger partial charge >= 0.3 is 0 Å². The van der Waals surface area contributed by atoms with Crippen LogP contribution in [-0.2, 0) is 10.3 Å². The molecule has 17 heavy (non-hydrogen) atoms. The van der Waals surface area contributed by atoms with E-state index in [1.54, 1.807) is 0 Å². The summed E-state index contributed by atoms with van der Waals surface area (Å²) in [6.07, 6.45) is 6.41. The highest BCUT2D eigenvalue weighted by atomic mass is 16.1. The summed E-state index contributed by atoms with van der Waals surface area (Å²) in [4.78, 5) is 11.7. The van der Waals surface area contributed by atoms with Crippen LogP contribution in [0.1, 0.15) is 52.4 Å². The van der Waals surface area contributed by atoms with Crippen molar-refractivity contribution < 1.29 is 6.22 Å². The van der Waals surface area contributed by atoms with Gasteiger partial charge in [-0.3, -0.25) is 4.79 Å². The molecule has 2 heteroatoms. The SMILES string of the molecule is CCC(=O)NC1(c2ccccc2)CCCCC1.[HH]. The lowest BCUT2D eigenvalue weighted by molar-refractivity contribution is -0.123. The molecule has 1 N–H and O–H groups in total. The Kier molecular flexibility index (Phi) is 3.82. The van der Waals surface area contributed by atoms with E-state index in [4.69, 9.17) is 0 Å². The van der Waals surface area contributed by atoms with Crippen LogP contribution < -0.4 is 5.32 Å². The van der Waals surface area contributed by atoms with Crippen molar-refractivity contribution in [3.63, 3.8) is 0 Å². The third-order valence-electron chi connectivity index (χ3n) is 3.73. The largest absolute Gasteiger partial charge is 0.347 e. The van der Waals surface area contributed by atoms with Crippen LogP contribution in [0.4, 0.5) is 0 Å². The second kappa shape index (κ2) is 5.35. The summed E-state index contributed by atoms with van der Waals surface area (Å²) in [7, 11) is 0. The molecular formula is C15H23NO. The molecule has 0 saturated heterocycles. The topological polar surface area (TPSA) is 29.1 Å². The Balaban J connectivity index is 0.00000162. The summed E-state index contributed by atoms with van der Waals surface area (Å²) in [5.74, 6) is 0.163. The smallest absolute Gasteiger partial charge is 0.220 e. The van der Waals surface area contributed by atoms with Crippen LogP contribution >= 0.6 is 0 Å². The lowest BCUT2D eigenvalue weighted by Crippen LogP contribution is -2.46. The van der Waals surface area contributed by atoms with Gasteiger partial charge in [0.25, 0.3) is 0 Å². The maximum absolute atomic E-state index is 11.7. The zero-order valence-electron chi connectivity index (χ0n) is 10.5. The van der Waals surface area contributed by atoms with E-state index < -0.39 is 0 Å². The van der Waals surface area contributed by atoms with E-state index in [0.29, 0.717) is 6.42 Å². The highest BCUT2D eigenvalue weighted by Gasteiger charge is 2.34. The summed E-state index contributed by atoms with van der Waals surface area (Å²) < 4.78 is 0. The molecule has 0 bridgehead atoms. The molecule has 1 saturated carbocycles. The summed E-state index contributed by atoms with van der Waals surface area (Å²) in [5.41, 5.74) is 1.16. The van der Waals surface area contributed by atoms with Gasteiger partial charge in [0, 0.05) is 7.85 Å². The van der Waals surface area contributed by atoms with Gasteiger partial charge in [-0.25, -0.2) is 0 Å². The molecule has 0 atom stereocenters. The molecule has 2 rings (SSSR count). The quantitative estimate of drug-likeness (QED) is 0.849. The molecule has 0 unspecified atom stereocenters. The molecule has 1 aliphatic rings. The lowest BCUT2D eigenvalue weighted by Gasteiger charge is -2.38. The molecule has 1 aromatic rings. The number of nitrogens with one attached hydrogen (secondary N) is 1. The fourth-order valence-electron chi connectivity index (χ4n) is 2.75. The maximum atomic E-state index is 11.7. The predicted molar refractivity (Wildman–Crippen MR) is 71.8 cm³/mol. The van der Waals surface area contributed by atoms with E-state index in [-0.39, 0.29) is 12.9 Å². The van der Waals surface area contributed by atoms with Gasteiger partial charge in [-0.1, -0.05) is 56.5 Å². The Labute approximate surface area is 105 Å². The molecule has 0 aliphatic heterocycles. The van der Waals surface area contributed by atoms with Crippen molar-refractivity contribution in [2.45, 2.75) is 51.0 Å². The second-order valence-corrected chi connectivity index (χ2v) is 4.91. The standard InChI is InChI=1S/C15H21NO.H2/c1-2-14(17)16-15(11-7-4-8-12-15)13-9-5-3-6-10-13;/h3,5-6,9-10H,2,4,7-8,11-12H2,1H3,(H,16,17);1H. The minimum Gasteiger partial charge on any atom is -0.347 e. The van der Waals surface area contributed by atoms with Crippen molar-refractivity contribution in [3.8, 4) is 0 Å². The van der Waals surface area contributed by atoms with E-state index >= 15 is 0 Å². The van der Waals surface area contributed by atoms with Crippen molar-refractivity contribution in [1.29, 1.82) is 0 Å². The molecule has 0 radical (unpaired) electrons. The van der Waals surface area contributed by atoms with Crippen LogP contribution in [0.5, 0.6) is 0 Å². The first-order valence-electron chi connectivity index (χ1n) is 6.63. The van der Waals surface area contributed by atoms with Crippen LogP contribution in [0.25, 0.3) is 0 Å². The molecule has 0 spiro atoms. The summed E-state index contributed by atoms with van der Waals surface area (Å²) in [6, 6.07) is 10.4. The molecule has 1 fully saturated rings. The predicted octanol–water partition coefficient (Wildman–Crippen LogP) is 3.62. The zero-order valence-corrected chi connectivity index (χ0v) is 10.5. The molecule has 0 heterocycles.